The highest BCUT2D eigenvalue weighted by Gasteiger charge is 2.20. The molecule has 148 valence electrons. The smallest absolute Gasteiger partial charge is 0.244 e. The Hall–Kier alpha value is -3.02. The van der Waals surface area contributed by atoms with Crippen molar-refractivity contribution in [1.82, 2.24) is 10.2 Å². The molecule has 2 heterocycles. The molecule has 6 heteroatoms. The molecule has 0 bridgehead atoms. The minimum atomic E-state index is -0.182. The molecule has 28 heavy (non-hydrogen) atoms. The van der Waals surface area contributed by atoms with Gasteiger partial charge in [0.2, 0.25) is 11.8 Å². The number of benzene rings is 1. The van der Waals surface area contributed by atoms with Crippen molar-refractivity contribution in [2.45, 2.75) is 19.8 Å². The van der Waals surface area contributed by atoms with E-state index in [-0.39, 0.29) is 11.8 Å². The maximum absolute atomic E-state index is 12.4. The lowest BCUT2D eigenvalue weighted by Gasteiger charge is -2.36. The number of carbonyl (C=O) groups excluding carboxylic acids is 2. The van der Waals surface area contributed by atoms with Gasteiger partial charge in [0.25, 0.3) is 0 Å². The van der Waals surface area contributed by atoms with Gasteiger partial charge in [0, 0.05) is 50.9 Å². The van der Waals surface area contributed by atoms with Crippen LogP contribution in [-0.4, -0.2) is 49.4 Å². The van der Waals surface area contributed by atoms with Gasteiger partial charge in [-0.15, -0.1) is 0 Å². The third-order valence-electron chi connectivity index (χ3n) is 4.78. The molecule has 1 fully saturated rings. The molecule has 1 saturated heterocycles. The molecule has 1 aliphatic heterocycles. The zero-order valence-electron chi connectivity index (χ0n) is 16.3. The van der Waals surface area contributed by atoms with E-state index in [1.54, 1.807) is 6.08 Å². The monoisotopic (exact) mass is 381 g/mol. The predicted octanol–water partition coefficient (Wildman–Crippen LogP) is 2.85. The topological polar surface area (TPSA) is 65.8 Å². The van der Waals surface area contributed by atoms with Gasteiger partial charge in [-0.25, -0.2) is 0 Å². The zero-order valence-corrected chi connectivity index (χ0v) is 16.3. The Labute approximate surface area is 165 Å². The van der Waals surface area contributed by atoms with Crippen LogP contribution in [0.5, 0.6) is 0 Å². The van der Waals surface area contributed by atoms with Crippen LogP contribution in [0.1, 0.15) is 24.4 Å². The van der Waals surface area contributed by atoms with Crippen LogP contribution >= 0.6 is 0 Å². The SMILES string of the molecule is Cc1ccc(C=CC(=O)NCCCC(=O)N2CCN(c3ccccc3)CC2)o1. The number of nitrogens with one attached hydrogen (secondary N) is 1. The first-order valence-corrected chi connectivity index (χ1v) is 9.72. The summed E-state index contributed by atoms with van der Waals surface area (Å²) in [6, 6.07) is 13.9. The molecule has 2 aromatic rings. The summed E-state index contributed by atoms with van der Waals surface area (Å²) >= 11 is 0. The Balaban J connectivity index is 1.31. The first kappa shape index (κ1) is 19.7. The molecular formula is C22H27N3O3. The van der Waals surface area contributed by atoms with Gasteiger partial charge in [0.1, 0.15) is 11.5 Å². The summed E-state index contributed by atoms with van der Waals surface area (Å²) in [4.78, 5) is 28.4. The summed E-state index contributed by atoms with van der Waals surface area (Å²) in [5.41, 5.74) is 1.20. The van der Waals surface area contributed by atoms with Gasteiger partial charge in [0.15, 0.2) is 0 Å². The average molecular weight is 381 g/mol. The Morgan fingerprint density at radius 3 is 2.50 bits per heavy atom. The Morgan fingerprint density at radius 2 is 1.82 bits per heavy atom. The number of hydrogen-bond donors (Lipinski definition) is 1. The molecule has 0 radical (unpaired) electrons. The number of hydrogen-bond acceptors (Lipinski definition) is 4. The summed E-state index contributed by atoms with van der Waals surface area (Å²) < 4.78 is 5.37. The summed E-state index contributed by atoms with van der Waals surface area (Å²) in [6.45, 7) is 5.52. The van der Waals surface area contributed by atoms with Crippen molar-refractivity contribution >= 4 is 23.6 Å². The van der Waals surface area contributed by atoms with Crippen LogP contribution in [0.2, 0.25) is 0 Å². The number of anilines is 1. The van der Waals surface area contributed by atoms with Gasteiger partial charge < -0.3 is 19.5 Å². The normalized spacial score (nSPS) is 14.5. The molecule has 1 N–H and O–H groups in total. The van der Waals surface area contributed by atoms with E-state index in [0.717, 1.165) is 31.9 Å². The molecule has 0 unspecified atom stereocenters. The fourth-order valence-corrected chi connectivity index (χ4v) is 3.22. The fourth-order valence-electron chi connectivity index (χ4n) is 3.22. The molecule has 6 nitrogen and oxygen atoms in total. The third-order valence-corrected chi connectivity index (χ3v) is 4.78. The van der Waals surface area contributed by atoms with Crippen LogP contribution < -0.4 is 10.2 Å². The lowest BCUT2D eigenvalue weighted by atomic mass is 10.2. The zero-order chi connectivity index (χ0) is 19.8. The van der Waals surface area contributed by atoms with Crippen LogP contribution in [-0.2, 0) is 9.59 Å². The van der Waals surface area contributed by atoms with Crippen molar-refractivity contribution in [2.24, 2.45) is 0 Å². The minimum absolute atomic E-state index is 0.156. The first-order valence-electron chi connectivity index (χ1n) is 9.72. The largest absolute Gasteiger partial charge is 0.462 e. The van der Waals surface area contributed by atoms with E-state index < -0.39 is 0 Å². The average Bonchev–Trinajstić information content (AvgIpc) is 3.15. The summed E-state index contributed by atoms with van der Waals surface area (Å²) in [5, 5.41) is 2.80. The number of rotatable bonds is 7. The van der Waals surface area contributed by atoms with E-state index in [0.29, 0.717) is 25.1 Å². The van der Waals surface area contributed by atoms with Crippen LogP contribution in [0.4, 0.5) is 5.69 Å². The van der Waals surface area contributed by atoms with Crippen molar-refractivity contribution in [2.75, 3.05) is 37.6 Å². The summed E-state index contributed by atoms with van der Waals surface area (Å²) in [6.07, 6.45) is 4.17. The van der Waals surface area contributed by atoms with Crippen LogP contribution in [0.25, 0.3) is 6.08 Å². The minimum Gasteiger partial charge on any atom is -0.462 e. The van der Waals surface area contributed by atoms with Crippen molar-refractivity contribution in [3.8, 4) is 0 Å². The highest BCUT2D eigenvalue weighted by atomic mass is 16.3. The van der Waals surface area contributed by atoms with E-state index in [2.05, 4.69) is 22.3 Å². The molecule has 0 atom stereocenters. The number of carbonyl (C=O) groups is 2. The quantitative estimate of drug-likeness (QED) is 0.592. The number of piperazine rings is 1. The molecule has 0 saturated carbocycles. The third kappa shape index (κ3) is 5.74. The molecule has 0 aliphatic carbocycles. The van der Waals surface area contributed by atoms with Crippen molar-refractivity contribution in [1.29, 1.82) is 0 Å². The lowest BCUT2D eigenvalue weighted by molar-refractivity contribution is -0.131. The molecule has 2 amide bonds. The maximum atomic E-state index is 12.4. The van der Waals surface area contributed by atoms with Crippen LogP contribution in [0, 0.1) is 6.92 Å². The standard InChI is InChI=1S/C22H27N3O3/c1-18-9-10-20(28-18)11-12-21(26)23-13-5-8-22(27)25-16-14-24(15-17-25)19-6-3-2-4-7-19/h2-4,6-7,9-12H,5,8,13-17H2,1H3,(H,23,26). The first-order chi connectivity index (χ1) is 13.6. The molecular weight excluding hydrogens is 354 g/mol. The van der Waals surface area contributed by atoms with E-state index in [4.69, 9.17) is 4.42 Å². The second kappa shape index (κ2) is 9.78. The van der Waals surface area contributed by atoms with E-state index >= 15 is 0 Å². The number of nitrogens with zero attached hydrogens (tertiary/aromatic N) is 2. The van der Waals surface area contributed by atoms with Gasteiger partial charge >= 0.3 is 0 Å². The highest BCUT2D eigenvalue weighted by molar-refractivity contribution is 5.91. The number of furan rings is 1. The van der Waals surface area contributed by atoms with Crippen molar-refractivity contribution < 1.29 is 14.0 Å². The van der Waals surface area contributed by atoms with E-state index in [9.17, 15) is 9.59 Å². The number of amides is 2. The Kier molecular flexibility index (Phi) is 6.89. The number of para-hydroxylation sites is 1. The second-order valence-electron chi connectivity index (χ2n) is 6.88. The second-order valence-corrected chi connectivity index (χ2v) is 6.88. The fraction of sp³-hybridized carbons (Fsp3) is 0.364. The van der Waals surface area contributed by atoms with Crippen molar-refractivity contribution in [3.05, 3.63) is 60.1 Å². The van der Waals surface area contributed by atoms with E-state index in [1.165, 1.54) is 11.8 Å². The van der Waals surface area contributed by atoms with Gasteiger partial charge in [-0.2, -0.15) is 0 Å². The number of aryl methyl sites for hydroxylation is 1. The molecule has 3 rings (SSSR count). The summed E-state index contributed by atoms with van der Waals surface area (Å²) in [5.74, 6) is 1.43. The lowest BCUT2D eigenvalue weighted by Crippen LogP contribution is -2.48. The van der Waals surface area contributed by atoms with Gasteiger partial charge in [0.05, 0.1) is 0 Å². The maximum Gasteiger partial charge on any atom is 0.244 e. The molecule has 1 aliphatic rings. The van der Waals surface area contributed by atoms with Crippen LogP contribution in [0.3, 0.4) is 0 Å². The van der Waals surface area contributed by atoms with Gasteiger partial charge in [-0.05, 0) is 43.7 Å². The molecule has 0 spiro atoms. The highest BCUT2D eigenvalue weighted by Crippen LogP contribution is 2.16. The molecule has 1 aromatic carbocycles. The van der Waals surface area contributed by atoms with Gasteiger partial charge in [-0.1, -0.05) is 18.2 Å². The Morgan fingerprint density at radius 1 is 1.07 bits per heavy atom. The molecule has 1 aromatic heterocycles. The Bertz CT molecular complexity index is 805. The van der Waals surface area contributed by atoms with Gasteiger partial charge in [-0.3, -0.25) is 9.59 Å². The van der Waals surface area contributed by atoms with E-state index in [1.807, 2.05) is 42.2 Å². The summed E-state index contributed by atoms with van der Waals surface area (Å²) in [7, 11) is 0. The van der Waals surface area contributed by atoms with Crippen molar-refractivity contribution in [3.63, 3.8) is 0 Å². The van der Waals surface area contributed by atoms with Crippen LogP contribution in [0.15, 0.2) is 53.0 Å². The predicted molar refractivity (Wildman–Crippen MR) is 110 cm³/mol.